The summed E-state index contributed by atoms with van der Waals surface area (Å²) in [4.78, 5) is 0. The van der Waals surface area contributed by atoms with Gasteiger partial charge in [0.2, 0.25) is 0 Å². The van der Waals surface area contributed by atoms with Crippen molar-refractivity contribution in [3.05, 3.63) is 47.4 Å². The highest BCUT2D eigenvalue weighted by Gasteiger charge is 2.16. The van der Waals surface area contributed by atoms with Crippen molar-refractivity contribution in [2.24, 2.45) is 5.73 Å². The molecule has 1 heterocycles. The second-order valence-electron chi connectivity index (χ2n) is 3.97. The van der Waals surface area contributed by atoms with Gasteiger partial charge in [0.15, 0.2) is 5.03 Å². The van der Waals surface area contributed by atoms with Crippen LogP contribution in [-0.4, -0.2) is 24.5 Å². The van der Waals surface area contributed by atoms with Crippen LogP contribution >= 0.6 is 0 Å². The molecule has 0 aliphatic carbocycles. The fourth-order valence-corrected chi connectivity index (χ4v) is 2.42. The van der Waals surface area contributed by atoms with Crippen molar-refractivity contribution in [2.45, 2.75) is 11.6 Å². The number of rotatable bonds is 5. The number of nitrogens with zero attached hydrogens (tertiary/aromatic N) is 1. The molecule has 0 saturated carbocycles. The Kier molecular flexibility index (Phi) is 3.81. The first-order valence-corrected chi connectivity index (χ1v) is 7.00. The predicted octanol–water partition coefficient (Wildman–Crippen LogP) is 0.311. The summed E-state index contributed by atoms with van der Waals surface area (Å²) in [6, 6.07) is 5.20. The molecule has 0 spiro atoms. The Bertz CT molecular complexity index is 727. The second kappa shape index (κ2) is 5.39. The Morgan fingerprint density at radius 1 is 1.45 bits per heavy atom. The molecule has 0 aliphatic heterocycles. The predicted molar refractivity (Wildman–Crippen MR) is 70.0 cm³/mol. The normalized spacial score (nSPS) is 11.4. The number of nitrogens with one attached hydrogen (secondary N) is 3. The molecule has 0 unspecified atom stereocenters. The van der Waals surface area contributed by atoms with Gasteiger partial charge in [-0.05, 0) is 12.1 Å². The number of aromatic amines is 1. The zero-order valence-corrected chi connectivity index (χ0v) is 11.0. The Labute approximate surface area is 114 Å². The average molecular weight is 297 g/mol. The smallest absolute Gasteiger partial charge is 0.257 e. The van der Waals surface area contributed by atoms with Crippen molar-refractivity contribution in [1.82, 2.24) is 14.9 Å². The summed E-state index contributed by atoms with van der Waals surface area (Å²) in [6.07, 6.45) is 1.30. The van der Waals surface area contributed by atoms with Gasteiger partial charge in [-0.2, -0.15) is 5.10 Å². The van der Waals surface area contributed by atoms with Crippen molar-refractivity contribution in [2.75, 3.05) is 0 Å². The van der Waals surface area contributed by atoms with Crippen molar-refractivity contribution >= 4 is 15.9 Å². The number of aromatic nitrogens is 2. The van der Waals surface area contributed by atoms with Crippen LogP contribution in [0.5, 0.6) is 0 Å². The van der Waals surface area contributed by atoms with Crippen LogP contribution in [0.1, 0.15) is 11.1 Å². The van der Waals surface area contributed by atoms with Gasteiger partial charge in [0, 0.05) is 17.7 Å². The van der Waals surface area contributed by atoms with E-state index in [-0.39, 0.29) is 28.5 Å². The highest BCUT2D eigenvalue weighted by Crippen LogP contribution is 2.11. The van der Waals surface area contributed by atoms with E-state index in [4.69, 9.17) is 11.1 Å². The van der Waals surface area contributed by atoms with Crippen LogP contribution in [0.4, 0.5) is 4.39 Å². The number of amidine groups is 1. The van der Waals surface area contributed by atoms with Crippen molar-refractivity contribution in [3.8, 4) is 0 Å². The number of nitrogen functional groups attached to an aromatic ring is 1. The van der Waals surface area contributed by atoms with E-state index >= 15 is 0 Å². The molecule has 20 heavy (non-hydrogen) atoms. The number of halogens is 1. The fourth-order valence-electron chi connectivity index (χ4n) is 1.50. The molecule has 2 rings (SSSR count). The third-order valence-electron chi connectivity index (χ3n) is 2.58. The minimum atomic E-state index is -3.76. The van der Waals surface area contributed by atoms with Crippen molar-refractivity contribution < 1.29 is 12.8 Å². The SMILES string of the molecule is N=C(N)c1ccc(CNS(=O)(=O)c2ccn[nH]2)c(F)c1. The van der Waals surface area contributed by atoms with Gasteiger partial charge in [0.1, 0.15) is 11.7 Å². The summed E-state index contributed by atoms with van der Waals surface area (Å²) in [5.74, 6) is -0.890. The number of benzene rings is 1. The van der Waals surface area contributed by atoms with E-state index in [1.807, 2.05) is 0 Å². The Hall–Kier alpha value is -2.26. The van der Waals surface area contributed by atoms with E-state index in [1.165, 1.54) is 24.4 Å². The van der Waals surface area contributed by atoms with E-state index in [0.717, 1.165) is 6.07 Å². The van der Waals surface area contributed by atoms with Gasteiger partial charge < -0.3 is 5.73 Å². The summed E-state index contributed by atoms with van der Waals surface area (Å²) in [6.45, 7) is -0.217. The van der Waals surface area contributed by atoms with Gasteiger partial charge in [0.25, 0.3) is 10.0 Å². The van der Waals surface area contributed by atoms with Gasteiger partial charge in [-0.25, -0.2) is 17.5 Å². The molecule has 0 amide bonds. The number of hydrogen-bond acceptors (Lipinski definition) is 4. The van der Waals surface area contributed by atoms with Crippen LogP contribution in [0.3, 0.4) is 0 Å². The zero-order valence-electron chi connectivity index (χ0n) is 10.2. The quantitative estimate of drug-likeness (QED) is 0.468. The topological polar surface area (TPSA) is 125 Å². The molecule has 2 aromatic rings. The van der Waals surface area contributed by atoms with Gasteiger partial charge in [-0.15, -0.1) is 0 Å². The molecule has 106 valence electrons. The summed E-state index contributed by atoms with van der Waals surface area (Å²) in [7, 11) is -3.76. The average Bonchev–Trinajstić information content (AvgIpc) is 2.91. The van der Waals surface area contributed by atoms with Crippen LogP contribution in [0.2, 0.25) is 0 Å². The third-order valence-corrected chi connectivity index (χ3v) is 3.91. The lowest BCUT2D eigenvalue weighted by atomic mass is 10.1. The molecule has 0 saturated heterocycles. The second-order valence-corrected chi connectivity index (χ2v) is 5.70. The summed E-state index contributed by atoms with van der Waals surface area (Å²) in [5, 5.41) is 12.9. The first kappa shape index (κ1) is 14.2. The molecule has 0 bridgehead atoms. The van der Waals surface area contributed by atoms with E-state index in [1.54, 1.807) is 0 Å². The standard InChI is InChI=1S/C11H12FN5O2S/c12-9-5-7(11(13)14)1-2-8(9)6-16-20(18,19)10-3-4-15-17-10/h1-5,16H,6H2,(H3,13,14)(H,15,17). The number of hydrogen-bond donors (Lipinski definition) is 4. The van der Waals surface area contributed by atoms with E-state index in [9.17, 15) is 12.8 Å². The maximum atomic E-state index is 13.7. The van der Waals surface area contributed by atoms with Crippen LogP contribution in [0.15, 0.2) is 35.5 Å². The Balaban J connectivity index is 2.14. The first-order chi connectivity index (χ1) is 9.40. The largest absolute Gasteiger partial charge is 0.384 e. The first-order valence-electron chi connectivity index (χ1n) is 5.52. The molecule has 9 heteroatoms. The molecule has 0 fully saturated rings. The molecule has 5 N–H and O–H groups in total. The Morgan fingerprint density at radius 2 is 2.20 bits per heavy atom. The maximum Gasteiger partial charge on any atom is 0.257 e. The van der Waals surface area contributed by atoms with Gasteiger partial charge >= 0.3 is 0 Å². The summed E-state index contributed by atoms with van der Waals surface area (Å²) < 4.78 is 39.6. The molecule has 1 aromatic carbocycles. The van der Waals surface area contributed by atoms with E-state index in [2.05, 4.69) is 14.9 Å². The van der Waals surface area contributed by atoms with Crippen molar-refractivity contribution in [1.29, 1.82) is 5.41 Å². The molecule has 7 nitrogen and oxygen atoms in total. The van der Waals surface area contributed by atoms with Crippen LogP contribution in [-0.2, 0) is 16.6 Å². The van der Waals surface area contributed by atoms with Crippen molar-refractivity contribution in [3.63, 3.8) is 0 Å². The molecule has 0 atom stereocenters. The summed E-state index contributed by atoms with van der Waals surface area (Å²) >= 11 is 0. The fraction of sp³-hybridized carbons (Fsp3) is 0.0909. The monoisotopic (exact) mass is 297 g/mol. The van der Waals surface area contributed by atoms with E-state index in [0.29, 0.717) is 0 Å². The zero-order chi connectivity index (χ0) is 14.8. The molecule has 0 radical (unpaired) electrons. The molecule has 0 aliphatic rings. The van der Waals surface area contributed by atoms with E-state index < -0.39 is 15.8 Å². The summed E-state index contributed by atoms with van der Waals surface area (Å²) in [5.41, 5.74) is 5.62. The van der Waals surface area contributed by atoms with Gasteiger partial charge in [-0.3, -0.25) is 10.5 Å². The minimum Gasteiger partial charge on any atom is -0.384 e. The lowest BCUT2D eigenvalue weighted by Crippen LogP contribution is -2.24. The minimum absolute atomic E-state index is 0.0988. The van der Waals surface area contributed by atoms with Crippen LogP contribution < -0.4 is 10.5 Å². The highest BCUT2D eigenvalue weighted by atomic mass is 32.2. The Morgan fingerprint density at radius 3 is 2.75 bits per heavy atom. The number of nitrogens with two attached hydrogens (primary N) is 1. The van der Waals surface area contributed by atoms with Gasteiger partial charge in [-0.1, -0.05) is 12.1 Å². The highest BCUT2D eigenvalue weighted by molar-refractivity contribution is 7.89. The lowest BCUT2D eigenvalue weighted by molar-refractivity contribution is 0.570. The molecular weight excluding hydrogens is 285 g/mol. The van der Waals surface area contributed by atoms with Gasteiger partial charge in [0.05, 0.1) is 6.20 Å². The number of H-pyrrole nitrogens is 1. The number of sulfonamides is 1. The molecule has 1 aromatic heterocycles. The molecular formula is C11H12FN5O2S. The van der Waals surface area contributed by atoms with Crippen LogP contribution in [0.25, 0.3) is 0 Å². The maximum absolute atomic E-state index is 13.7. The van der Waals surface area contributed by atoms with Crippen LogP contribution in [0, 0.1) is 11.2 Å². The lowest BCUT2D eigenvalue weighted by Gasteiger charge is -2.07. The third kappa shape index (κ3) is 3.00.